The van der Waals surface area contributed by atoms with E-state index in [0.717, 1.165) is 16.8 Å². The summed E-state index contributed by atoms with van der Waals surface area (Å²) in [5.74, 6) is -0.657. The molecule has 0 bridgehead atoms. The molecule has 1 aliphatic rings. The Morgan fingerprint density at radius 1 is 1.30 bits per heavy atom. The Balaban J connectivity index is 2.59. The molecular formula is C16H16N4. The van der Waals surface area contributed by atoms with Crippen molar-refractivity contribution in [2.45, 2.75) is 26.3 Å². The van der Waals surface area contributed by atoms with Gasteiger partial charge >= 0.3 is 0 Å². The van der Waals surface area contributed by atoms with Crippen molar-refractivity contribution in [1.29, 1.82) is 10.5 Å². The van der Waals surface area contributed by atoms with E-state index in [9.17, 15) is 10.5 Å². The van der Waals surface area contributed by atoms with Gasteiger partial charge in [-0.05, 0) is 25.0 Å². The van der Waals surface area contributed by atoms with Crippen LogP contribution in [0.15, 0.2) is 40.5 Å². The van der Waals surface area contributed by atoms with Crippen molar-refractivity contribution >= 4 is 5.71 Å². The summed E-state index contributed by atoms with van der Waals surface area (Å²) in [6, 6.07) is 12.3. The molecule has 20 heavy (non-hydrogen) atoms. The van der Waals surface area contributed by atoms with Crippen molar-refractivity contribution in [3.05, 3.63) is 46.7 Å². The Labute approximate surface area is 118 Å². The zero-order chi connectivity index (χ0) is 14.7. The topological polar surface area (TPSA) is 86.0 Å². The third-order valence-electron chi connectivity index (χ3n) is 3.63. The molecule has 1 aromatic carbocycles. The fraction of sp³-hybridized carbons (Fsp3) is 0.312. The number of nitrogens with two attached hydrogens (primary N) is 1. The molecule has 0 saturated heterocycles. The number of benzene rings is 1. The van der Waals surface area contributed by atoms with E-state index >= 15 is 0 Å². The lowest BCUT2D eigenvalue weighted by atomic mass is 9.76. The summed E-state index contributed by atoms with van der Waals surface area (Å²) < 4.78 is 0. The number of nitriles is 2. The number of hydrogen-bond donors (Lipinski definition) is 1. The molecule has 0 fully saturated rings. The second-order valence-electron chi connectivity index (χ2n) is 4.90. The number of rotatable bonds is 2. The van der Waals surface area contributed by atoms with E-state index < -0.39 is 5.92 Å². The maximum absolute atomic E-state index is 9.43. The summed E-state index contributed by atoms with van der Waals surface area (Å²) in [6.07, 6.45) is 0. The van der Waals surface area contributed by atoms with Crippen LogP contribution in [-0.4, -0.2) is 5.71 Å². The normalized spacial score (nSPS) is 21.9. The molecule has 2 N–H and O–H groups in total. The van der Waals surface area contributed by atoms with Gasteiger partial charge in [0.25, 0.3) is 0 Å². The first-order valence-electron chi connectivity index (χ1n) is 6.47. The van der Waals surface area contributed by atoms with Crippen LogP contribution in [0.1, 0.15) is 30.9 Å². The number of aliphatic imine (C=N–C) groups is 1. The van der Waals surface area contributed by atoms with E-state index in [0.29, 0.717) is 17.8 Å². The van der Waals surface area contributed by atoms with Gasteiger partial charge in [0.2, 0.25) is 0 Å². The zero-order valence-corrected chi connectivity index (χ0v) is 11.6. The minimum absolute atomic E-state index is 0.256. The van der Waals surface area contributed by atoms with Gasteiger partial charge in [-0.2, -0.15) is 10.5 Å². The van der Waals surface area contributed by atoms with E-state index in [4.69, 9.17) is 5.73 Å². The summed E-state index contributed by atoms with van der Waals surface area (Å²) in [5, 5.41) is 18.8. The molecule has 2 rings (SSSR count). The maximum atomic E-state index is 9.43. The smallest absolute Gasteiger partial charge is 0.0973 e. The molecule has 0 aromatic heterocycles. The Morgan fingerprint density at radius 3 is 2.65 bits per heavy atom. The average molecular weight is 264 g/mol. The summed E-state index contributed by atoms with van der Waals surface area (Å²) in [7, 11) is 0. The van der Waals surface area contributed by atoms with Gasteiger partial charge in [-0.3, -0.25) is 4.99 Å². The fourth-order valence-electron chi connectivity index (χ4n) is 2.62. The molecule has 0 saturated carbocycles. The minimum atomic E-state index is -0.402. The van der Waals surface area contributed by atoms with Gasteiger partial charge in [0.15, 0.2) is 0 Å². The van der Waals surface area contributed by atoms with Gasteiger partial charge in [0.05, 0.1) is 29.3 Å². The standard InChI is InChI=1S/C16H16N4/c1-10-14(8-18)16(15(9-19)11(2)20-10)13-5-3-4-12(6-13)7-17/h3-6,14,16H,7,17H2,1-2H3. The lowest BCUT2D eigenvalue weighted by Crippen LogP contribution is -2.24. The summed E-state index contributed by atoms with van der Waals surface area (Å²) in [4.78, 5) is 4.33. The number of hydrogen-bond acceptors (Lipinski definition) is 4. The molecule has 1 heterocycles. The third-order valence-corrected chi connectivity index (χ3v) is 3.63. The Kier molecular flexibility index (Phi) is 3.98. The van der Waals surface area contributed by atoms with Gasteiger partial charge in [0, 0.05) is 18.2 Å². The minimum Gasteiger partial charge on any atom is -0.326 e. The Bertz CT molecular complexity index is 670. The van der Waals surface area contributed by atoms with E-state index in [1.165, 1.54) is 0 Å². The monoisotopic (exact) mass is 264 g/mol. The highest BCUT2D eigenvalue weighted by molar-refractivity contribution is 5.90. The molecule has 2 atom stereocenters. The summed E-state index contributed by atoms with van der Waals surface area (Å²) in [6.45, 7) is 4.09. The van der Waals surface area contributed by atoms with Crippen molar-refractivity contribution in [2.24, 2.45) is 16.6 Å². The van der Waals surface area contributed by atoms with Crippen LogP contribution in [0.25, 0.3) is 0 Å². The Hall–Kier alpha value is -2.43. The van der Waals surface area contributed by atoms with Gasteiger partial charge in [-0.25, -0.2) is 0 Å². The van der Waals surface area contributed by atoms with Gasteiger partial charge in [-0.15, -0.1) is 0 Å². The summed E-state index contributed by atoms with van der Waals surface area (Å²) >= 11 is 0. The molecule has 100 valence electrons. The number of nitrogens with zero attached hydrogens (tertiary/aromatic N) is 3. The second-order valence-corrected chi connectivity index (χ2v) is 4.90. The molecule has 0 radical (unpaired) electrons. The van der Waals surface area contributed by atoms with Crippen molar-refractivity contribution in [3.63, 3.8) is 0 Å². The highest BCUT2D eigenvalue weighted by Crippen LogP contribution is 2.38. The van der Waals surface area contributed by atoms with E-state index in [1.54, 1.807) is 0 Å². The molecule has 0 amide bonds. The molecule has 0 spiro atoms. The maximum Gasteiger partial charge on any atom is 0.0973 e. The highest BCUT2D eigenvalue weighted by Gasteiger charge is 2.33. The van der Waals surface area contributed by atoms with Crippen LogP contribution >= 0.6 is 0 Å². The van der Waals surface area contributed by atoms with Crippen LogP contribution in [0.3, 0.4) is 0 Å². The predicted molar refractivity (Wildman–Crippen MR) is 77.6 cm³/mol. The van der Waals surface area contributed by atoms with Crippen LogP contribution in [0.5, 0.6) is 0 Å². The molecule has 2 unspecified atom stereocenters. The molecular weight excluding hydrogens is 248 g/mol. The number of allylic oxidation sites excluding steroid dienone is 2. The van der Waals surface area contributed by atoms with Gasteiger partial charge in [-0.1, -0.05) is 24.3 Å². The van der Waals surface area contributed by atoms with Crippen LogP contribution in [0.4, 0.5) is 0 Å². The SMILES string of the molecule is CC1=NC(C)=C(C#N)C(c2cccc(CN)c2)C1C#N. The lowest BCUT2D eigenvalue weighted by Gasteiger charge is -2.27. The van der Waals surface area contributed by atoms with Crippen molar-refractivity contribution < 1.29 is 0 Å². The van der Waals surface area contributed by atoms with Crippen molar-refractivity contribution in [3.8, 4) is 12.1 Å². The van der Waals surface area contributed by atoms with Crippen LogP contribution in [0, 0.1) is 28.6 Å². The average Bonchev–Trinajstić information content (AvgIpc) is 2.46. The molecule has 1 aliphatic heterocycles. The first-order valence-corrected chi connectivity index (χ1v) is 6.47. The van der Waals surface area contributed by atoms with E-state index in [-0.39, 0.29) is 5.92 Å². The third kappa shape index (κ3) is 2.34. The first-order chi connectivity index (χ1) is 9.62. The molecule has 4 heteroatoms. The lowest BCUT2D eigenvalue weighted by molar-refractivity contribution is 0.702. The highest BCUT2D eigenvalue weighted by atomic mass is 14.8. The van der Waals surface area contributed by atoms with Crippen molar-refractivity contribution in [1.82, 2.24) is 0 Å². The second kappa shape index (κ2) is 5.69. The van der Waals surface area contributed by atoms with Gasteiger partial charge < -0.3 is 5.73 Å². The Morgan fingerprint density at radius 2 is 2.05 bits per heavy atom. The molecule has 0 aliphatic carbocycles. The van der Waals surface area contributed by atoms with E-state index in [2.05, 4.69) is 17.1 Å². The predicted octanol–water partition coefficient (Wildman–Crippen LogP) is 2.64. The summed E-state index contributed by atoms with van der Waals surface area (Å²) in [5.41, 5.74) is 9.63. The molecule has 1 aromatic rings. The largest absolute Gasteiger partial charge is 0.326 e. The molecule has 4 nitrogen and oxygen atoms in total. The fourth-order valence-corrected chi connectivity index (χ4v) is 2.62. The van der Waals surface area contributed by atoms with E-state index in [1.807, 2.05) is 38.1 Å². The van der Waals surface area contributed by atoms with Crippen LogP contribution in [0.2, 0.25) is 0 Å². The first kappa shape index (κ1) is 14.0. The van der Waals surface area contributed by atoms with Crippen LogP contribution < -0.4 is 5.73 Å². The van der Waals surface area contributed by atoms with Crippen LogP contribution in [-0.2, 0) is 6.54 Å². The quantitative estimate of drug-likeness (QED) is 0.890. The van der Waals surface area contributed by atoms with Gasteiger partial charge in [0.1, 0.15) is 0 Å². The van der Waals surface area contributed by atoms with Crippen molar-refractivity contribution in [2.75, 3.05) is 0 Å². The zero-order valence-electron chi connectivity index (χ0n) is 11.6.